The van der Waals surface area contributed by atoms with Crippen LogP contribution < -0.4 is 5.32 Å². The van der Waals surface area contributed by atoms with E-state index >= 15 is 0 Å². The Balaban J connectivity index is 2.53. The van der Waals surface area contributed by atoms with Crippen LogP contribution in [0.15, 0.2) is 0 Å². The molecule has 0 amide bonds. The van der Waals surface area contributed by atoms with Gasteiger partial charge in [0.2, 0.25) is 0 Å². The molecule has 0 aromatic heterocycles. The Kier molecular flexibility index (Phi) is 7.87. The van der Waals surface area contributed by atoms with Crippen molar-refractivity contribution in [2.45, 2.75) is 58.0 Å². The van der Waals surface area contributed by atoms with E-state index in [-0.39, 0.29) is 0 Å². The Morgan fingerprint density at radius 3 is 2.56 bits per heavy atom. The van der Waals surface area contributed by atoms with Crippen LogP contribution in [0.1, 0.15) is 46.0 Å². The normalized spacial score (nSPS) is 24.3. The molecule has 1 fully saturated rings. The van der Waals surface area contributed by atoms with Crippen molar-refractivity contribution in [1.29, 1.82) is 0 Å². The van der Waals surface area contributed by atoms with Crippen molar-refractivity contribution in [1.82, 2.24) is 10.2 Å². The monoisotopic (exact) mass is 256 g/mol. The van der Waals surface area contributed by atoms with Gasteiger partial charge >= 0.3 is 0 Å². The van der Waals surface area contributed by atoms with E-state index in [1.54, 1.807) is 7.11 Å². The molecule has 1 rings (SSSR count). The molecule has 1 N–H and O–H groups in total. The van der Waals surface area contributed by atoms with Gasteiger partial charge in [-0.2, -0.15) is 0 Å². The fourth-order valence-corrected chi connectivity index (χ4v) is 3.37. The van der Waals surface area contributed by atoms with Gasteiger partial charge in [-0.25, -0.2) is 0 Å². The quantitative estimate of drug-likeness (QED) is 0.686. The Morgan fingerprint density at radius 2 is 2.00 bits per heavy atom. The highest BCUT2D eigenvalue weighted by molar-refractivity contribution is 4.85. The highest BCUT2D eigenvalue weighted by atomic mass is 16.5. The zero-order valence-electron chi connectivity index (χ0n) is 12.7. The summed E-state index contributed by atoms with van der Waals surface area (Å²) < 4.78 is 5.27. The molecule has 0 bridgehead atoms. The van der Waals surface area contributed by atoms with Crippen molar-refractivity contribution in [2.24, 2.45) is 5.92 Å². The van der Waals surface area contributed by atoms with E-state index in [9.17, 15) is 0 Å². The summed E-state index contributed by atoms with van der Waals surface area (Å²) in [6.45, 7) is 7.78. The first-order chi connectivity index (χ1) is 8.76. The molecule has 1 aliphatic rings. The van der Waals surface area contributed by atoms with Crippen molar-refractivity contribution in [3.63, 3.8) is 0 Å². The van der Waals surface area contributed by atoms with Gasteiger partial charge in [-0.05, 0) is 38.6 Å². The molecular formula is C15H32N2O. The number of nitrogens with zero attached hydrogens (tertiary/aromatic N) is 1. The van der Waals surface area contributed by atoms with Crippen LogP contribution in [0.5, 0.6) is 0 Å². The lowest BCUT2D eigenvalue weighted by molar-refractivity contribution is 0.0980. The summed E-state index contributed by atoms with van der Waals surface area (Å²) in [5.74, 6) is 0.826. The van der Waals surface area contributed by atoms with E-state index in [1.165, 1.54) is 38.6 Å². The zero-order chi connectivity index (χ0) is 13.4. The highest BCUT2D eigenvalue weighted by Crippen LogP contribution is 2.27. The second-order valence-electron chi connectivity index (χ2n) is 5.54. The summed E-state index contributed by atoms with van der Waals surface area (Å²) in [5.41, 5.74) is 0. The number of rotatable bonds is 9. The first-order valence-electron chi connectivity index (χ1n) is 7.67. The molecule has 1 saturated carbocycles. The SMILES string of the molecule is CCC(CC)N(CCOC)CC1CCCC1NC. The minimum Gasteiger partial charge on any atom is -0.383 e. The van der Waals surface area contributed by atoms with E-state index in [0.717, 1.165) is 31.2 Å². The number of hydrogen-bond donors (Lipinski definition) is 1. The number of hydrogen-bond acceptors (Lipinski definition) is 3. The second kappa shape index (κ2) is 8.89. The second-order valence-corrected chi connectivity index (χ2v) is 5.54. The van der Waals surface area contributed by atoms with E-state index in [1.807, 2.05) is 0 Å². The smallest absolute Gasteiger partial charge is 0.0589 e. The van der Waals surface area contributed by atoms with Crippen LogP contribution in [-0.2, 0) is 4.74 Å². The third-order valence-electron chi connectivity index (χ3n) is 4.54. The number of nitrogens with one attached hydrogen (secondary N) is 1. The maximum Gasteiger partial charge on any atom is 0.0589 e. The topological polar surface area (TPSA) is 24.5 Å². The van der Waals surface area contributed by atoms with Gasteiger partial charge in [0.1, 0.15) is 0 Å². The van der Waals surface area contributed by atoms with Crippen LogP contribution in [0.25, 0.3) is 0 Å². The minimum absolute atomic E-state index is 0.721. The van der Waals surface area contributed by atoms with E-state index in [0.29, 0.717) is 0 Å². The molecule has 2 atom stereocenters. The first-order valence-corrected chi connectivity index (χ1v) is 7.67. The van der Waals surface area contributed by atoms with Crippen LogP contribution in [0, 0.1) is 5.92 Å². The Morgan fingerprint density at radius 1 is 1.28 bits per heavy atom. The van der Waals surface area contributed by atoms with Gasteiger partial charge in [0.25, 0.3) is 0 Å². The maximum atomic E-state index is 5.27. The molecule has 0 aromatic carbocycles. The average molecular weight is 256 g/mol. The maximum absolute atomic E-state index is 5.27. The fourth-order valence-electron chi connectivity index (χ4n) is 3.37. The molecule has 1 aliphatic carbocycles. The van der Waals surface area contributed by atoms with Gasteiger partial charge in [-0.15, -0.1) is 0 Å². The minimum atomic E-state index is 0.721. The molecule has 0 radical (unpaired) electrons. The molecule has 3 nitrogen and oxygen atoms in total. The fraction of sp³-hybridized carbons (Fsp3) is 1.00. The van der Waals surface area contributed by atoms with Gasteiger partial charge < -0.3 is 10.1 Å². The first kappa shape index (κ1) is 15.9. The van der Waals surface area contributed by atoms with Gasteiger partial charge in [0, 0.05) is 32.3 Å². The van der Waals surface area contributed by atoms with E-state index in [4.69, 9.17) is 4.74 Å². The van der Waals surface area contributed by atoms with Crippen molar-refractivity contribution in [3.8, 4) is 0 Å². The van der Waals surface area contributed by atoms with Gasteiger partial charge in [0.15, 0.2) is 0 Å². The number of ether oxygens (including phenoxy) is 1. The molecule has 0 spiro atoms. The Labute approximate surface area is 113 Å². The summed E-state index contributed by atoms with van der Waals surface area (Å²) in [4.78, 5) is 2.66. The lowest BCUT2D eigenvalue weighted by atomic mass is 10.0. The van der Waals surface area contributed by atoms with Crippen LogP contribution in [0.3, 0.4) is 0 Å². The third-order valence-corrected chi connectivity index (χ3v) is 4.54. The van der Waals surface area contributed by atoms with Crippen LogP contribution >= 0.6 is 0 Å². The molecule has 0 aromatic rings. The van der Waals surface area contributed by atoms with Crippen LogP contribution in [0.2, 0.25) is 0 Å². The van der Waals surface area contributed by atoms with Crippen LogP contribution in [0.4, 0.5) is 0 Å². The molecule has 0 saturated heterocycles. The van der Waals surface area contributed by atoms with E-state index in [2.05, 4.69) is 31.1 Å². The largest absolute Gasteiger partial charge is 0.383 e. The highest BCUT2D eigenvalue weighted by Gasteiger charge is 2.29. The Hall–Kier alpha value is -0.120. The van der Waals surface area contributed by atoms with Gasteiger partial charge in [-0.3, -0.25) is 4.90 Å². The molecule has 18 heavy (non-hydrogen) atoms. The van der Waals surface area contributed by atoms with Gasteiger partial charge in [0.05, 0.1) is 6.61 Å². The zero-order valence-corrected chi connectivity index (χ0v) is 12.7. The Bertz CT molecular complexity index is 207. The molecule has 2 unspecified atom stereocenters. The summed E-state index contributed by atoms with van der Waals surface area (Å²) in [6.07, 6.45) is 6.61. The summed E-state index contributed by atoms with van der Waals surface area (Å²) in [6, 6.07) is 1.45. The third kappa shape index (κ3) is 4.52. The molecule has 108 valence electrons. The van der Waals surface area contributed by atoms with Crippen molar-refractivity contribution >= 4 is 0 Å². The molecule has 0 aliphatic heterocycles. The number of methoxy groups -OCH3 is 1. The molecular weight excluding hydrogens is 224 g/mol. The standard InChI is InChI=1S/C15H32N2O/c1-5-14(6-2)17(10-11-18-4)12-13-8-7-9-15(13)16-3/h13-16H,5-12H2,1-4H3. The predicted octanol–water partition coefficient (Wildman–Crippen LogP) is 2.51. The summed E-state index contributed by atoms with van der Waals surface area (Å²) >= 11 is 0. The lowest BCUT2D eigenvalue weighted by Crippen LogP contribution is -2.43. The van der Waals surface area contributed by atoms with Crippen LogP contribution in [-0.4, -0.2) is 50.8 Å². The summed E-state index contributed by atoms with van der Waals surface area (Å²) in [7, 11) is 3.91. The van der Waals surface area contributed by atoms with Crippen molar-refractivity contribution in [2.75, 3.05) is 33.9 Å². The predicted molar refractivity (Wildman–Crippen MR) is 78.0 cm³/mol. The van der Waals surface area contributed by atoms with E-state index < -0.39 is 0 Å². The molecule has 0 heterocycles. The molecule has 3 heteroatoms. The lowest BCUT2D eigenvalue weighted by Gasteiger charge is -2.34. The van der Waals surface area contributed by atoms with Crippen molar-refractivity contribution < 1.29 is 4.74 Å². The van der Waals surface area contributed by atoms with Crippen molar-refractivity contribution in [3.05, 3.63) is 0 Å². The average Bonchev–Trinajstić information content (AvgIpc) is 2.84. The van der Waals surface area contributed by atoms with Gasteiger partial charge in [-0.1, -0.05) is 20.3 Å². The summed E-state index contributed by atoms with van der Waals surface area (Å²) in [5, 5.41) is 3.49.